The zero-order valence-corrected chi connectivity index (χ0v) is 25.2. The molecule has 9 nitrogen and oxygen atoms in total. The number of amides is 1. The van der Waals surface area contributed by atoms with Crippen molar-refractivity contribution in [1.82, 2.24) is 19.8 Å². The maximum Gasteiger partial charge on any atom is 0.253 e. The Kier molecular flexibility index (Phi) is 8.29. The molecule has 1 saturated carbocycles. The number of aryl methyl sites for hydroxylation is 2. The van der Waals surface area contributed by atoms with Gasteiger partial charge in [-0.3, -0.25) is 24.2 Å². The van der Waals surface area contributed by atoms with Gasteiger partial charge < -0.3 is 9.64 Å². The summed E-state index contributed by atoms with van der Waals surface area (Å²) in [5.74, 6) is 0.0646. The zero-order chi connectivity index (χ0) is 29.3. The molecule has 2 aromatic carbocycles. The number of ether oxygens (including phenoxy) is 1. The first-order valence-corrected chi connectivity index (χ1v) is 16.0. The van der Waals surface area contributed by atoms with E-state index in [1.165, 1.54) is 31.7 Å². The molecular weight excluding hydrogens is 550 g/mol. The van der Waals surface area contributed by atoms with Gasteiger partial charge in [0, 0.05) is 54.8 Å². The maximum atomic E-state index is 13.5. The van der Waals surface area contributed by atoms with Gasteiger partial charge in [0.2, 0.25) is 5.95 Å². The Bertz CT molecular complexity index is 1520. The number of H-pyrrole nitrogens is 1. The molecule has 1 atom stereocenters. The molecule has 1 unspecified atom stereocenters. The molecular formula is C32H39N5O4S. The van der Waals surface area contributed by atoms with E-state index in [0.717, 1.165) is 49.4 Å². The number of aromatic amines is 1. The normalized spacial score (nSPS) is 20.1. The molecule has 1 aromatic heterocycles. The van der Waals surface area contributed by atoms with E-state index < -0.39 is 11.0 Å². The summed E-state index contributed by atoms with van der Waals surface area (Å²) in [5, 5.41) is 0. The summed E-state index contributed by atoms with van der Waals surface area (Å²) >= 11 is 0. The number of carbonyl (C=O) groups is 1. The Hall–Kier alpha value is -3.34. The number of benzene rings is 2. The van der Waals surface area contributed by atoms with Gasteiger partial charge in [-0.15, -0.1) is 0 Å². The van der Waals surface area contributed by atoms with Crippen LogP contribution in [0, 0.1) is 19.3 Å². The number of rotatable bonds is 6. The highest BCUT2D eigenvalue weighted by atomic mass is 32.2. The number of nitrogens with zero attached hydrogens (tertiary/aromatic N) is 3. The van der Waals surface area contributed by atoms with Gasteiger partial charge in [-0.05, 0) is 75.3 Å². The van der Waals surface area contributed by atoms with Crippen LogP contribution in [0.4, 0.5) is 5.95 Å². The van der Waals surface area contributed by atoms with Gasteiger partial charge in [-0.2, -0.15) is 0 Å². The van der Waals surface area contributed by atoms with E-state index >= 15 is 0 Å². The lowest BCUT2D eigenvalue weighted by Crippen LogP contribution is -2.49. The zero-order valence-electron chi connectivity index (χ0n) is 24.4. The SMILES string of the molecule is Cc1cccc(C)c1-c1cc(=O)[nH]c(NS(=O)c2cccc(C(=O)N3CCCN(C4CCC5(CC4)COC5)CC3)c2)n1. The Morgan fingerprint density at radius 1 is 1.02 bits per heavy atom. The minimum Gasteiger partial charge on any atom is -0.380 e. The van der Waals surface area contributed by atoms with Crippen LogP contribution < -0.4 is 10.3 Å². The molecule has 3 aliphatic rings. The van der Waals surface area contributed by atoms with Crippen LogP contribution in [0.5, 0.6) is 0 Å². The van der Waals surface area contributed by atoms with Crippen molar-refractivity contribution < 1.29 is 13.7 Å². The van der Waals surface area contributed by atoms with Crippen molar-refractivity contribution in [3.63, 3.8) is 0 Å². The minimum atomic E-state index is -1.74. The summed E-state index contributed by atoms with van der Waals surface area (Å²) in [5.41, 5.74) is 3.99. The molecule has 6 rings (SSSR count). The molecule has 0 radical (unpaired) electrons. The van der Waals surface area contributed by atoms with E-state index in [-0.39, 0.29) is 17.4 Å². The van der Waals surface area contributed by atoms with Crippen molar-refractivity contribution in [2.75, 3.05) is 44.1 Å². The minimum absolute atomic E-state index is 0.0477. The molecule has 3 heterocycles. The summed E-state index contributed by atoms with van der Waals surface area (Å²) in [4.78, 5) is 38.1. The molecule has 2 saturated heterocycles. The number of hydrogen-bond acceptors (Lipinski definition) is 6. The summed E-state index contributed by atoms with van der Waals surface area (Å²) in [6.07, 6.45) is 5.86. The quantitative estimate of drug-likeness (QED) is 0.444. The van der Waals surface area contributed by atoms with Crippen LogP contribution in [0.2, 0.25) is 0 Å². The summed E-state index contributed by atoms with van der Waals surface area (Å²) in [6, 6.07) is 14.8. The molecule has 0 bridgehead atoms. The van der Waals surface area contributed by atoms with E-state index in [1.807, 2.05) is 36.9 Å². The fourth-order valence-corrected chi connectivity index (χ4v) is 7.52. The molecule has 3 fully saturated rings. The van der Waals surface area contributed by atoms with Crippen LogP contribution in [0.25, 0.3) is 11.3 Å². The third kappa shape index (κ3) is 6.07. The first-order chi connectivity index (χ1) is 20.3. The average molecular weight is 590 g/mol. The molecule has 2 aliphatic heterocycles. The monoisotopic (exact) mass is 589 g/mol. The Morgan fingerprint density at radius 2 is 1.76 bits per heavy atom. The molecule has 222 valence electrons. The van der Waals surface area contributed by atoms with E-state index in [0.29, 0.717) is 40.7 Å². The average Bonchev–Trinajstić information content (AvgIpc) is 3.22. The lowest BCUT2D eigenvalue weighted by atomic mass is 9.71. The van der Waals surface area contributed by atoms with Gasteiger partial charge in [0.05, 0.1) is 23.8 Å². The van der Waals surface area contributed by atoms with Crippen molar-refractivity contribution >= 4 is 22.8 Å². The van der Waals surface area contributed by atoms with E-state index in [1.54, 1.807) is 24.3 Å². The largest absolute Gasteiger partial charge is 0.380 e. The standard InChI is InChI=1S/C32H39N5O4S/c1-22-6-3-7-23(2)29(22)27-19-28(38)34-31(33-27)35-42(40)26-9-4-8-24(18-26)30(39)37-15-5-14-36(16-17-37)25-10-12-32(13-11-25)20-41-21-32/h3-4,6-9,18-19,25H,5,10-17,20-21H2,1-2H3,(H2,33,34,35,38). The van der Waals surface area contributed by atoms with Crippen LogP contribution >= 0.6 is 0 Å². The predicted molar refractivity (Wildman–Crippen MR) is 164 cm³/mol. The summed E-state index contributed by atoms with van der Waals surface area (Å²) in [6.45, 7) is 9.08. The lowest BCUT2D eigenvalue weighted by molar-refractivity contribution is -0.138. The molecule has 10 heteroatoms. The Morgan fingerprint density at radius 3 is 2.48 bits per heavy atom. The van der Waals surface area contributed by atoms with E-state index in [9.17, 15) is 13.8 Å². The van der Waals surface area contributed by atoms with E-state index in [2.05, 4.69) is 19.6 Å². The van der Waals surface area contributed by atoms with Crippen molar-refractivity contribution in [3.8, 4) is 11.3 Å². The van der Waals surface area contributed by atoms with Crippen LogP contribution in [0.15, 0.2) is 58.2 Å². The number of nitrogens with one attached hydrogen (secondary N) is 2. The van der Waals surface area contributed by atoms with Crippen molar-refractivity contribution in [1.29, 1.82) is 0 Å². The van der Waals surface area contributed by atoms with Gasteiger partial charge in [0.25, 0.3) is 11.5 Å². The second-order valence-corrected chi connectivity index (χ2v) is 13.3. The molecule has 1 aliphatic carbocycles. The topological polar surface area (TPSA) is 108 Å². The molecule has 2 N–H and O–H groups in total. The first-order valence-electron chi connectivity index (χ1n) is 14.9. The third-order valence-electron chi connectivity index (χ3n) is 9.13. The maximum absolute atomic E-state index is 13.5. The summed E-state index contributed by atoms with van der Waals surface area (Å²) < 4.78 is 21.6. The second kappa shape index (κ2) is 12.1. The van der Waals surface area contributed by atoms with Crippen molar-refractivity contribution in [2.24, 2.45) is 5.41 Å². The molecule has 42 heavy (non-hydrogen) atoms. The van der Waals surface area contributed by atoms with Crippen molar-refractivity contribution in [2.45, 2.75) is 56.9 Å². The van der Waals surface area contributed by atoms with Gasteiger partial charge in [0.1, 0.15) is 0 Å². The Balaban J connectivity index is 1.11. The highest BCUT2D eigenvalue weighted by Crippen LogP contribution is 2.43. The predicted octanol–water partition coefficient (Wildman–Crippen LogP) is 4.30. The third-order valence-corrected chi connectivity index (χ3v) is 10.2. The number of aromatic nitrogens is 2. The highest BCUT2D eigenvalue weighted by molar-refractivity contribution is 7.86. The lowest BCUT2D eigenvalue weighted by Gasteiger charge is -2.48. The Labute approximate surface area is 249 Å². The van der Waals surface area contributed by atoms with Crippen molar-refractivity contribution in [3.05, 3.63) is 75.6 Å². The second-order valence-electron chi connectivity index (χ2n) is 12.1. The van der Waals surface area contributed by atoms with E-state index in [4.69, 9.17) is 4.74 Å². The smallest absolute Gasteiger partial charge is 0.253 e. The van der Waals surface area contributed by atoms with Gasteiger partial charge >= 0.3 is 0 Å². The summed E-state index contributed by atoms with van der Waals surface area (Å²) in [7, 11) is -1.74. The first kappa shape index (κ1) is 28.8. The molecule has 3 aromatic rings. The molecule has 1 amide bonds. The van der Waals surface area contributed by atoms with Crippen LogP contribution in [0.3, 0.4) is 0 Å². The van der Waals surface area contributed by atoms with Crippen LogP contribution in [-0.2, 0) is 15.7 Å². The highest BCUT2D eigenvalue weighted by Gasteiger charge is 2.42. The van der Waals surface area contributed by atoms with Gasteiger partial charge in [-0.1, -0.05) is 24.3 Å². The molecule has 1 spiro atoms. The van der Waals surface area contributed by atoms with Crippen LogP contribution in [-0.4, -0.2) is 75.3 Å². The number of hydrogen-bond donors (Lipinski definition) is 2. The fourth-order valence-electron chi connectivity index (χ4n) is 6.69. The fraction of sp³-hybridized carbons (Fsp3) is 0.469. The number of carbonyl (C=O) groups excluding carboxylic acids is 1. The van der Waals surface area contributed by atoms with Gasteiger partial charge in [-0.25, -0.2) is 9.19 Å². The number of anilines is 1. The van der Waals surface area contributed by atoms with Gasteiger partial charge in [0.15, 0.2) is 11.0 Å². The van der Waals surface area contributed by atoms with Crippen LogP contribution in [0.1, 0.15) is 53.6 Å².